The van der Waals surface area contributed by atoms with E-state index < -0.39 is 12.1 Å². The summed E-state index contributed by atoms with van der Waals surface area (Å²) in [5.41, 5.74) is 1.14. The first kappa shape index (κ1) is 25.1. The average molecular weight is 506 g/mol. The van der Waals surface area contributed by atoms with E-state index in [9.17, 15) is 19.6 Å². The zero-order valence-corrected chi connectivity index (χ0v) is 21.3. The zero-order chi connectivity index (χ0) is 26.0. The molecule has 0 radical (unpaired) electrons. The molecule has 5 rings (SSSR count). The number of nitrogens with zero attached hydrogens (tertiary/aromatic N) is 2. The summed E-state index contributed by atoms with van der Waals surface area (Å²) < 4.78 is 5.45. The molecule has 9 nitrogen and oxygen atoms in total. The minimum absolute atomic E-state index is 0.0613. The van der Waals surface area contributed by atoms with Crippen LogP contribution < -0.4 is 15.4 Å². The number of piperidine rings is 1. The number of nitriles is 1. The van der Waals surface area contributed by atoms with Gasteiger partial charge in [-0.3, -0.25) is 14.4 Å². The number of aromatic amines is 1. The fourth-order valence-electron chi connectivity index (χ4n) is 6.50. The maximum atomic E-state index is 13.8. The van der Waals surface area contributed by atoms with Gasteiger partial charge in [0.25, 0.3) is 5.91 Å². The first-order valence-corrected chi connectivity index (χ1v) is 13.4. The van der Waals surface area contributed by atoms with Crippen molar-refractivity contribution in [3.63, 3.8) is 0 Å². The number of aromatic nitrogens is 1. The molecule has 1 saturated carbocycles. The van der Waals surface area contributed by atoms with Crippen molar-refractivity contribution in [3.8, 4) is 11.8 Å². The van der Waals surface area contributed by atoms with Gasteiger partial charge < -0.3 is 25.3 Å². The Labute approximate surface area is 216 Å². The van der Waals surface area contributed by atoms with Gasteiger partial charge in [-0.05, 0) is 62.1 Å². The van der Waals surface area contributed by atoms with Gasteiger partial charge in [0, 0.05) is 29.9 Å². The second-order valence-electron chi connectivity index (χ2n) is 10.9. The van der Waals surface area contributed by atoms with Crippen molar-refractivity contribution in [1.29, 1.82) is 5.26 Å². The number of nitrogens with one attached hydrogen (secondary N) is 3. The molecule has 3 amide bonds. The van der Waals surface area contributed by atoms with E-state index >= 15 is 0 Å². The van der Waals surface area contributed by atoms with Crippen LogP contribution in [-0.2, 0) is 9.59 Å². The summed E-state index contributed by atoms with van der Waals surface area (Å²) in [6.07, 6.45) is 7.80. The van der Waals surface area contributed by atoms with E-state index in [1.807, 2.05) is 18.2 Å². The number of carbonyl (C=O) groups excluding carboxylic acids is 3. The number of hydrogen-bond donors (Lipinski definition) is 3. The molecule has 0 bridgehead atoms. The van der Waals surface area contributed by atoms with Crippen LogP contribution in [0, 0.1) is 22.7 Å². The standard InChI is InChI=1S/C28H35N5O4/c1-37-24-9-5-8-21-20(24)14-22(32-21)27(36)33-17-28(10-3-2-4-11-28)15-23(33)26(35)31-19(16-29)13-18-7-6-12-30-25(18)34/h5,8-9,14,18-19,23,32H,2-4,6-7,10-13,15,17H2,1H3,(H,30,34)(H,31,35)/t18-,19-,23?/m0/s1. The lowest BCUT2D eigenvalue weighted by molar-refractivity contribution is -0.128. The topological polar surface area (TPSA) is 127 Å². The molecule has 37 heavy (non-hydrogen) atoms. The van der Waals surface area contributed by atoms with Gasteiger partial charge in [-0.25, -0.2) is 0 Å². The fourth-order valence-corrected chi connectivity index (χ4v) is 6.50. The van der Waals surface area contributed by atoms with Crippen molar-refractivity contribution < 1.29 is 19.1 Å². The number of rotatable bonds is 6. The minimum atomic E-state index is -0.779. The number of hydrogen-bond acceptors (Lipinski definition) is 5. The van der Waals surface area contributed by atoms with Crippen molar-refractivity contribution >= 4 is 28.6 Å². The second kappa shape index (κ2) is 10.4. The van der Waals surface area contributed by atoms with Gasteiger partial charge in [0.2, 0.25) is 11.8 Å². The smallest absolute Gasteiger partial charge is 0.271 e. The molecule has 9 heteroatoms. The highest BCUT2D eigenvalue weighted by Gasteiger charge is 2.49. The first-order valence-electron chi connectivity index (χ1n) is 13.4. The summed E-state index contributed by atoms with van der Waals surface area (Å²) in [5.74, 6) is -0.205. The molecule has 1 aromatic heterocycles. The quantitative estimate of drug-likeness (QED) is 0.555. The van der Waals surface area contributed by atoms with E-state index in [1.165, 1.54) is 6.42 Å². The van der Waals surface area contributed by atoms with Crippen molar-refractivity contribution in [2.75, 3.05) is 20.2 Å². The predicted molar refractivity (Wildman–Crippen MR) is 138 cm³/mol. The molecule has 1 aromatic carbocycles. The van der Waals surface area contributed by atoms with Crippen molar-refractivity contribution in [2.24, 2.45) is 11.3 Å². The number of H-pyrrole nitrogens is 1. The maximum absolute atomic E-state index is 13.8. The molecule has 3 aliphatic rings. The first-order chi connectivity index (χ1) is 17.9. The molecule has 3 atom stereocenters. The Morgan fingerprint density at radius 3 is 2.81 bits per heavy atom. The third-order valence-corrected chi connectivity index (χ3v) is 8.45. The molecule has 1 aliphatic carbocycles. The van der Waals surface area contributed by atoms with Crippen LogP contribution in [0.2, 0.25) is 0 Å². The molecule has 196 valence electrons. The van der Waals surface area contributed by atoms with E-state index in [2.05, 4.69) is 21.7 Å². The van der Waals surface area contributed by atoms with E-state index in [-0.39, 0.29) is 35.5 Å². The van der Waals surface area contributed by atoms with Gasteiger partial charge in [-0.2, -0.15) is 5.26 Å². The highest BCUT2D eigenvalue weighted by molar-refractivity contribution is 6.02. The van der Waals surface area contributed by atoms with Crippen LogP contribution in [0.25, 0.3) is 10.9 Å². The molecule has 3 heterocycles. The van der Waals surface area contributed by atoms with Gasteiger partial charge in [-0.1, -0.05) is 25.3 Å². The lowest BCUT2D eigenvalue weighted by Gasteiger charge is -2.32. The molecule has 2 aromatic rings. The van der Waals surface area contributed by atoms with Gasteiger partial charge in [0.05, 0.1) is 13.2 Å². The Hall–Kier alpha value is -3.54. The summed E-state index contributed by atoms with van der Waals surface area (Å²) in [6, 6.07) is 8.13. The number of amides is 3. The fraction of sp³-hybridized carbons (Fsp3) is 0.571. The Morgan fingerprint density at radius 2 is 2.08 bits per heavy atom. The maximum Gasteiger partial charge on any atom is 0.271 e. The van der Waals surface area contributed by atoms with Crippen molar-refractivity contribution in [1.82, 2.24) is 20.5 Å². The summed E-state index contributed by atoms with van der Waals surface area (Å²) in [6.45, 7) is 1.18. The third kappa shape index (κ3) is 5.02. The third-order valence-electron chi connectivity index (χ3n) is 8.45. The molecule has 2 saturated heterocycles. The van der Waals surface area contributed by atoms with Crippen LogP contribution in [0.15, 0.2) is 24.3 Å². The van der Waals surface area contributed by atoms with Gasteiger partial charge >= 0.3 is 0 Å². The summed E-state index contributed by atoms with van der Waals surface area (Å²) in [5, 5.41) is 16.3. The van der Waals surface area contributed by atoms with Crippen molar-refractivity contribution in [3.05, 3.63) is 30.0 Å². The van der Waals surface area contributed by atoms with E-state index in [1.54, 1.807) is 18.1 Å². The van der Waals surface area contributed by atoms with Gasteiger partial charge in [0.15, 0.2) is 0 Å². The summed E-state index contributed by atoms with van der Waals surface area (Å²) in [4.78, 5) is 44.5. The molecular weight excluding hydrogens is 470 g/mol. The van der Waals surface area contributed by atoms with Crippen LogP contribution in [0.1, 0.15) is 68.3 Å². The second-order valence-corrected chi connectivity index (χ2v) is 10.9. The number of carbonyl (C=O) groups is 3. The number of fused-ring (bicyclic) bond motifs is 1. The van der Waals surface area contributed by atoms with E-state index in [4.69, 9.17) is 4.74 Å². The van der Waals surface area contributed by atoms with Crippen molar-refractivity contribution in [2.45, 2.75) is 69.9 Å². The highest BCUT2D eigenvalue weighted by atomic mass is 16.5. The largest absolute Gasteiger partial charge is 0.496 e. The SMILES string of the molecule is COc1cccc2[nH]c(C(=O)N3CC4(CCCCC4)CC3C(=O)N[C@H](C#N)C[C@@H]3CCCNC3=O)cc12. The zero-order valence-electron chi connectivity index (χ0n) is 21.3. The van der Waals surface area contributed by atoms with Crippen LogP contribution in [-0.4, -0.2) is 59.9 Å². The Balaban J connectivity index is 1.38. The van der Waals surface area contributed by atoms with Crippen LogP contribution in [0.4, 0.5) is 0 Å². The van der Waals surface area contributed by atoms with Gasteiger partial charge in [0.1, 0.15) is 23.5 Å². The Morgan fingerprint density at radius 1 is 1.27 bits per heavy atom. The monoisotopic (exact) mass is 505 g/mol. The molecule has 2 aliphatic heterocycles. The van der Waals surface area contributed by atoms with Crippen LogP contribution in [0.5, 0.6) is 5.75 Å². The molecule has 3 fully saturated rings. The van der Waals surface area contributed by atoms with Gasteiger partial charge in [-0.15, -0.1) is 0 Å². The number of methoxy groups -OCH3 is 1. The summed E-state index contributed by atoms with van der Waals surface area (Å²) in [7, 11) is 1.60. The minimum Gasteiger partial charge on any atom is -0.496 e. The summed E-state index contributed by atoms with van der Waals surface area (Å²) >= 11 is 0. The Bertz CT molecular complexity index is 1220. The number of likely N-dealkylation sites (tertiary alicyclic amines) is 1. The number of ether oxygens (including phenoxy) is 1. The van der Waals surface area contributed by atoms with E-state index in [0.29, 0.717) is 37.4 Å². The number of benzene rings is 1. The van der Waals surface area contributed by atoms with E-state index in [0.717, 1.165) is 43.0 Å². The van der Waals surface area contributed by atoms with Crippen LogP contribution in [0.3, 0.4) is 0 Å². The molecule has 1 unspecified atom stereocenters. The lowest BCUT2D eigenvalue weighted by atomic mass is 9.72. The normalized spacial score (nSPS) is 23.9. The molecular formula is C28H35N5O4. The highest BCUT2D eigenvalue weighted by Crippen LogP contribution is 2.47. The lowest BCUT2D eigenvalue weighted by Crippen LogP contribution is -2.49. The average Bonchev–Trinajstić information content (AvgIpc) is 3.51. The Kier molecular flexibility index (Phi) is 7.09. The molecule has 3 N–H and O–H groups in total. The predicted octanol–water partition coefficient (Wildman–Crippen LogP) is 3.27. The molecule has 1 spiro atoms. The van der Waals surface area contributed by atoms with Crippen LogP contribution >= 0.6 is 0 Å².